The molecule has 0 spiro atoms. The normalized spacial score (nSPS) is 10.3. The van der Waals surface area contributed by atoms with Gasteiger partial charge in [0, 0.05) is 23.5 Å². The highest BCUT2D eigenvalue weighted by Gasteiger charge is 2.10. The molecule has 0 saturated carbocycles. The first kappa shape index (κ1) is 15.5. The van der Waals surface area contributed by atoms with Crippen molar-refractivity contribution in [3.63, 3.8) is 0 Å². The van der Waals surface area contributed by atoms with E-state index in [1.165, 1.54) is 18.2 Å². The molecule has 0 unspecified atom stereocenters. The lowest BCUT2D eigenvalue weighted by molar-refractivity contribution is 0.102. The molecule has 0 atom stereocenters. The van der Waals surface area contributed by atoms with Gasteiger partial charge in [-0.3, -0.25) is 4.79 Å². The van der Waals surface area contributed by atoms with Gasteiger partial charge in [0.05, 0.1) is 4.47 Å². The van der Waals surface area contributed by atoms with Crippen LogP contribution in [0.15, 0.2) is 40.9 Å². The van der Waals surface area contributed by atoms with Gasteiger partial charge in [-0.05, 0) is 71.7 Å². The number of aryl methyl sites for hydroxylation is 1. The number of halogens is 2. The molecule has 0 radical (unpaired) electrons. The molecule has 0 aliphatic heterocycles. The predicted octanol–water partition coefficient (Wildman–Crippen LogP) is 4.58. The zero-order valence-electron chi connectivity index (χ0n) is 11.8. The second-order valence-electron chi connectivity index (χ2n) is 4.64. The minimum Gasteiger partial charge on any atom is -0.385 e. The molecule has 0 bridgehead atoms. The van der Waals surface area contributed by atoms with Crippen LogP contribution in [-0.2, 0) is 0 Å². The number of carbonyl (C=O) groups excluding carboxylic acids is 1. The number of amides is 1. The third kappa shape index (κ3) is 3.82. The minimum absolute atomic E-state index is 0.214. The molecular formula is C16H16BrFN2O. The molecule has 3 nitrogen and oxygen atoms in total. The SMILES string of the molecule is CCNc1ccc(C(=O)Nc2ccc(F)c(Br)c2)c(C)c1. The summed E-state index contributed by atoms with van der Waals surface area (Å²) in [7, 11) is 0. The summed E-state index contributed by atoms with van der Waals surface area (Å²) in [6, 6.07) is 9.95. The van der Waals surface area contributed by atoms with Crippen LogP contribution in [0.25, 0.3) is 0 Å². The number of nitrogens with one attached hydrogen (secondary N) is 2. The van der Waals surface area contributed by atoms with Crippen molar-refractivity contribution >= 4 is 33.2 Å². The van der Waals surface area contributed by atoms with E-state index in [9.17, 15) is 9.18 Å². The fraction of sp³-hybridized carbons (Fsp3) is 0.188. The van der Waals surface area contributed by atoms with Gasteiger partial charge >= 0.3 is 0 Å². The van der Waals surface area contributed by atoms with E-state index in [-0.39, 0.29) is 11.7 Å². The summed E-state index contributed by atoms with van der Waals surface area (Å²) < 4.78 is 13.5. The van der Waals surface area contributed by atoms with Crippen LogP contribution in [0.5, 0.6) is 0 Å². The van der Waals surface area contributed by atoms with Crippen LogP contribution in [0, 0.1) is 12.7 Å². The van der Waals surface area contributed by atoms with Crippen molar-refractivity contribution in [3.05, 3.63) is 57.8 Å². The van der Waals surface area contributed by atoms with E-state index in [2.05, 4.69) is 26.6 Å². The molecule has 0 fully saturated rings. The molecule has 2 N–H and O–H groups in total. The Morgan fingerprint density at radius 1 is 1.19 bits per heavy atom. The molecule has 5 heteroatoms. The first-order valence-electron chi connectivity index (χ1n) is 6.62. The van der Waals surface area contributed by atoms with E-state index < -0.39 is 0 Å². The summed E-state index contributed by atoms with van der Waals surface area (Å²) in [5.41, 5.74) is 3.00. The average Bonchev–Trinajstić information content (AvgIpc) is 2.43. The number of hydrogen-bond acceptors (Lipinski definition) is 2. The van der Waals surface area contributed by atoms with Crippen LogP contribution in [0.2, 0.25) is 0 Å². The third-order valence-corrected chi connectivity index (χ3v) is 3.64. The quantitative estimate of drug-likeness (QED) is 0.847. The van der Waals surface area contributed by atoms with Crippen LogP contribution in [0.4, 0.5) is 15.8 Å². The fourth-order valence-corrected chi connectivity index (χ4v) is 2.38. The van der Waals surface area contributed by atoms with E-state index in [0.29, 0.717) is 15.7 Å². The van der Waals surface area contributed by atoms with Crippen molar-refractivity contribution < 1.29 is 9.18 Å². The highest BCUT2D eigenvalue weighted by atomic mass is 79.9. The molecule has 0 aromatic heterocycles. The van der Waals surface area contributed by atoms with Gasteiger partial charge in [-0.25, -0.2) is 4.39 Å². The summed E-state index contributed by atoms with van der Waals surface area (Å²) >= 11 is 3.10. The lowest BCUT2D eigenvalue weighted by Crippen LogP contribution is -2.13. The van der Waals surface area contributed by atoms with Crippen LogP contribution < -0.4 is 10.6 Å². The highest BCUT2D eigenvalue weighted by molar-refractivity contribution is 9.10. The summed E-state index contributed by atoms with van der Waals surface area (Å²) in [4.78, 5) is 12.3. The first-order chi connectivity index (χ1) is 10.0. The maximum atomic E-state index is 13.2. The smallest absolute Gasteiger partial charge is 0.255 e. The molecular weight excluding hydrogens is 335 g/mol. The summed E-state index contributed by atoms with van der Waals surface area (Å²) in [6.45, 7) is 4.73. The molecule has 0 saturated heterocycles. The van der Waals surface area contributed by atoms with Crippen molar-refractivity contribution in [2.75, 3.05) is 17.2 Å². The number of hydrogen-bond donors (Lipinski definition) is 2. The summed E-state index contributed by atoms with van der Waals surface area (Å²) in [5, 5.41) is 5.96. The van der Waals surface area contributed by atoms with Gasteiger partial charge in [0.15, 0.2) is 0 Å². The van der Waals surface area contributed by atoms with Gasteiger partial charge < -0.3 is 10.6 Å². The van der Waals surface area contributed by atoms with Gasteiger partial charge in [0.1, 0.15) is 5.82 Å². The maximum absolute atomic E-state index is 13.2. The Morgan fingerprint density at radius 2 is 1.90 bits per heavy atom. The number of rotatable bonds is 4. The Morgan fingerprint density at radius 3 is 2.52 bits per heavy atom. The molecule has 0 heterocycles. The summed E-state index contributed by atoms with van der Waals surface area (Å²) in [6.07, 6.45) is 0. The fourth-order valence-electron chi connectivity index (χ4n) is 2.00. The van der Waals surface area contributed by atoms with Crippen molar-refractivity contribution in [3.8, 4) is 0 Å². The molecule has 0 aliphatic rings. The zero-order valence-corrected chi connectivity index (χ0v) is 13.4. The topological polar surface area (TPSA) is 41.1 Å². The average molecular weight is 351 g/mol. The monoisotopic (exact) mass is 350 g/mol. The first-order valence-corrected chi connectivity index (χ1v) is 7.41. The Balaban J connectivity index is 2.18. The number of carbonyl (C=O) groups is 1. The second kappa shape index (κ2) is 6.72. The van der Waals surface area contributed by atoms with Crippen LogP contribution in [0.1, 0.15) is 22.8 Å². The van der Waals surface area contributed by atoms with Crippen molar-refractivity contribution in [2.45, 2.75) is 13.8 Å². The lowest BCUT2D eigenvalue weighted by Gasteiger charge is -2.10. The van der Waals surface area contributed by atoms with Gasteiger partial charge in [0.2, 0.25) is 0 Å². The Labute approximate surface area is 131 Å². The highest BCUT2D eigenvalue weighted by Crippen LogP contribution is 2.21. The van der Waals surface area contributed by atoms with Crippen LogP contribution in [0.3, 0.4) is 0 Å². The molecule has 1 amide bonds. The standard InChI is InChI=1S/C16H16BrFN2O/c1-3-19-11-4-6-13(10(2)8-11)16(21)20-12-5-7-15(18)14(17)9-12/h4-9,19H,3H2,1-2H3,(H,20,21). The van der Waals surface area contributed by atoms with E-state index >= 15 is 0 Å². The molecule has 21 heavy (non-hydrogen) atoms. The Bertz CT molecular complexity index is 673. The van der Waals surface area contributed by atoms with E-state index in [4.69, 9.17) is 0 Å². The van der Waals surface area contributed by atoms with Crippen LogP contribution >= 0.6 is 15.9 Å². The molecule has 2 aromatic rings. The molecule has 0 aliphatic carbocycles. The van der Waals surface area contributed by atoms with Crippen molar-refractivity contribution in [2.24, 2.45) is 0 Å². The lowest BCUT2D eigenvalue weighted by atomic mass is 10.1. The van der Waals surface area contributed by atoms with Gasteiger partial charge in [-0.15, -0.1) is 0 Å². The Hall–Kier alpha value is -1.88. The molecule has 110 valence electrons. The number of anilines is 2. The second-order valence-corrected chi connectivity index (χ2v) is 5.50. The zero-order chi connectivity index (χ0) is 15.4. The molecule has 2 aromatic carbocycles. The van der Waals surface area contributed by atoms with E-state index in [0.717, 1.165) is 17.8 Å². The minimum atomic E-state index is -0.362. The maximum Gasteiger partial charge on any atom is 0.255 e. The van der Waals surface area contributed by atoms with Crippen LogP contribution in [-0.4, -0.2) is 12.5 Å². The predicted molar refractivity (Wildman–Crippen MR) is 87.4 cm³/mol. The van der Waals surface area contributed by atoms with Crippen molar-refractivity contribution in [1.29, 1.82) is 0 Å². The van der Waals surface area contributed by atoms with E-state index in [1.807, 2.05) is 26.0 Å². The molecule has 2 rings (SSSR count). The third-order valence-electron chi connectivity index (χ3n) is 3.03. The Kier molecular flexibility index (Phi) is 4.96. The van der Waals surface area contributed by atoms with E-state index in [1.54, 1.807) is 6.07 Å². The largest absolute Gasteiger partial charge is 0.385 e. The van der Waals surface area contributed by atoms with Crippen molar-refractivity contribution in [1.82, 2.24) is 0 Å². The van der Waals surface area contributed by atoms with Gasteiger partial charge in [0.25, 0.3) is 5.91 Å². The van der Waals surface area contributed by atoms with Gasteiger partial charge in [-0.2, -0.15) is 0 Å². The van der Waals surface area contributed by atoms with Gasteiger partial charge in [-0.1, -0.05) is 0 Å². The number of benzene rings is 2. The summed E-state index contributed by atoms with van der Waals surface area (Å²) in [5.74, 6) is -0.576.